The third-order valence-corrected chi connectivity index (χ3v) is 3.09. The fraction of sp³-hybridized carbons (Fsp3) is 0.0625. The lowest BCUT2D eigenvalue weighted by atomic mass is 10.2. The Morgan fingerprint density at radius 3 is 2.67 bits per heavy atom. The van der Waals surface area contributed by atoms with E-state index in [1.54, 1.807) is 31.4 Å². The van der Waals surface area contributed by atoms with Gasteiger partial charge in [0.15, 0.2) is 5.82 Å². The van der Waals surface area contributed by atoms with E-state index >= 15 is 0 Å². The molecule has 24 heavy (non-hydrogen) atoms. The number of methoxy groups -OCH3 is 1. The average Bonchev–Trinajstić information content (AvgIpc) is 3.27. The number of nitrogens with one attached hydrogen (secondary N) is 1. The van der Waals surface area contributed by atoms with Gasteiger partial charge in [0.2, 0.25) is 5.78 Å². The predicted molar refractivity (Wildman–Crippen MR) is 83.1 cm³/mol. The fourth-order valence-corrected chi connectivity index (χ4v) is 1.91. The van der Waals surface area contributed by atoms with E-state index in [2.05, 4.69) is 15.2 Å². The second-order valence-corrected chi connectivity index (χ2v) is 4.63. The number of carbonyl (C=O) groups excluding carboxylic acids is 1. The Bertz CT molecular complexity index is 850. The Labute approximate surface area is 136 Å². The summed E-state index contributed by atoms with van der Waals surface area (Å²) in [6, 6.07) is 8.30. The quantitative estimate of drug-likeness (QED) is 0.407. The number of aromatic nitrogens is 3. The predicted octanol–water partition coefficient (Wildman–Crippen LogP) is 2.98. The number of nitrogens with zero attached hydrogens (tertiary/aromatic N) is 2. The van der Waals surface area contributed by atoms with Crippen LogP contribution in [0.2, 0.25) is 0 Å². The first-order valence-corrected chi connectivity index (χ1v) is 6.87. The molecule has 2 N–H and O–H groups in total. The number of aliphatic hydroxyl groups excluding tert-OH is 1. The molecule has 0 amide bonds. The molecule has 2 heterocycles. The highest BCUT2D eigenvalue weighted by atomic mass is 16.6. The van der Waals surface area contributed by atoms with Crippen LogP contribution in [-0.4, -0.2) is 33.2 Å². The summed E-state index contributed by atoms with van der Waals surface area (Å²) >= 11 is 0. The van der Waals surface area contributed by atoms with Crippen molar-refractivity contribution in [2.75, 3.05) is 7.11 Å². The Kier molecular flexibility index (Phi) is 4.28. The van der Waals surface area contributed by atoms with Gasteiger partial charge < -0.3 is 19.0 Å². The van der Waals surface area contributed by atoms with E-state index in [4.69, 9.17) is 13.9 Å². The number of aliphatic hydroxyl groups is 1. The van der Waals surface area contributed by atoms with E-state index in [0.29, 0.717) is 11.5 Å². The number of aromatic amines is 1. The van der Waals surface area contributed by atoms with Crippen LogP contribution in [0.4, 0.5) is 0 Å². The van der Waals surface area contributed by atoms with Crippen molar-refractivity contribution in [3.05, 3.63) is 60.4 Å². The van der Waals surface area contributed by atoms with E-state index in [1.807, 2.05) is 0 Å². The van der Waals surface area contributed by atoms with Gasteiger partial charge in [-0.15, -0.1) is 0 Å². The Balaban J connectivity index is 1.80. The Hall–Kier alpha value is -3.55. The van der Waals surface area contributed by atoms with E-state index in [1.165, 1.54) is 18.7 Å². The van der Waals surface area contributed by atoms with E-state index in [0.717, 1.165) is 6.08 Å². The van der Waals surface area contributed by atoms with Crippen molar-refractivity contribution in [2.45, 2.75) is 0 Å². The van der Waals surface area contributed by atoms with Gasteiger partial charge in [-0.3, -0.25) is 9.89 Å². The minimum Gasteiger partial charge on any atom is -0.507 e. The van der Waals surface area contributed by atoms with E-state index < -0.39 is 5.78 Å². The van der Waals surface area contributed by atoms with E-state index in [9.17, 15) is 9.90 Å². The SMILES string of the molecule is COc1ccc(Oc2occc2C(O)=CC(=O)c2ncn[nH]2)cc1. The van der Waals surface area contributed by atoms with Gasteiger partial charge in [0.05, 0.1) is 13.4 Å². The molecule has 0 bridgehead atoms. The van der Waals surface area contributed by atoms with Crippen molar-refractivity contribution in [3.63, 3.8) is 0 Å². The van der Waals surface area contributed by atoms with Gasteiger partial charge >= 0.3 is 5.95 Å². The van der Waals surface area contributed by atoms with Crippen LogP contribution < -0.4 is 9.47 Å². The second-order valence-electron chi connectivity index (χ2n) is 4.63. The number of hydrogen-bond acceptors (Lipinski definition) is 7. The molecule has 8 heteroatoms. The minimum atomic E-state index is -0.526. The van der Waals surface area contributed by atoms with Gasteiger partial charge in [-0.1, -0.05) is 0 Å². The number of furan rings is 1. The summed E-state index contributed by atoms with van der Waals surface area (Å²) in [6.45, 7) is 0. The fourth-order valence-electron chi connectivity index (χ4n) is 1.91. The van der Waals surface area contributed by atoms with Gasteiger partial charge in [0.1, 0.15) is 29.1 Å². The maximum Gasteiger partial charge on any atom is 0.301 e. The molecule has 0 atom stereocenters. The second kappa shape index (κ2) is 6.69. The zero-order valence-electron chi connectivity index (χ0n) is 12.6. The first-order chi connectivity index (χ1) is 11.7. The lowest BCUT2D eigenvalue weighted by Gasteiger charge is -2.05. The Morgan fingerprint density at radius 2 is 2.00 bits per heavy atom. The normalized spacial score (nSPS) is 11.3. The largest absolute Gasteiger partial charge is 0.507 e. The highest BCUT2D eigenvalue weighted by Gasteiger charge is 2.16. The molecule has 0 aliphatic rings. The molecule has 0 saturated heterocycles. The van der Waals surface area contributed by atoms with Crippen molar-refractivity contribution in [2.24, 2.45) is 0 Å². The van der Waals surface area contributed by atoms with E-state index in [-0.39, 0.29) is 23.1 Å². The number of benzene rings is 1. The molecule has 0 fully saturated rings. The van der Waals surface area contributed by atoms with Crippen LogP contribution in [0.25, 0.3) is 5.76 Å². The Morgan fingerprint density at radius 1 is 1.25 bits per heavy atom. The maximum atomic E-state index is 11.9. The summed E-state index contributed by atoms with van der Waals surface area (Å²) < 4.78 is 15.9. The smallest absolute Gasteiger partial charge is 0.301 e. The third-order valence-electron chi connectivity index (χ3n) is 3.09. The third kappa shape index (κ3) is 3.27. The number of hydrogen-bond donors (Lipinski definition) is 2. The molecule has 0 aliphatic heterocycles. The van der Waals surface area contributed by atoms with Gasteiger partial charge in [0.25, 0.3) is 0 Å². The van der Waals surface area contributed by atoms with Gasteiger partial charge in [-0.25, -0.2) is 4.98 Å². The minimum absolute atomic E-state index is 0.0164. The van der Waals surface area contributed by atoms with Crippen molar-refractivity contribution >= 4 is 11.5 Å². The van der Waals surface area contributed by atoms with Crippen molar-refractivity contribution in [3.8, 4) is 17.4 Å². The lowest BCUT2D eigenvalue weighted by molar-refractivity contribution is 0.103. The summed E-state index contributed by atoms with van der Waals surface area (Å²) in [5, 5.41) is 16.1. The summed E-state index contributed by atoms with van der Waals surface area (Å²) in [7, 11) is 1.56. The number of ether oxygens (including phenoxy) is 2. The topological polar surface area (TPSA) is 110 Å². The van der Waals surface area contributed by atoms with Crippen molar-refractivity contribution in [1.29, 1.82) is 0 Å². The number of rotatable bonds is 6. The molecule has 0 aliphatic carbocycles. The van der Waals surface area contributed by atoms with Crippen LogP contribution in [0.5, 0.6) is 17.4 Å². The molecule has 0 spiro atoms. The van der Waals surface area contributed by atoms with Crippen molar-refractivity contribution in [1.82, 2.24) is 15.2 Å². The number of H-pyrrole nitrogens is 1. The van der Waals surface area contributed by atoms with Gasteiger partial charge in [0, 0.05) is 6.08 Å². The standard InChI is InChI=1S/C16H13N3O5/c1-22-10-2-4-11(5-3-10)24-16-12(6-7-23-16)13(20)8-14(21)15-17-9-18-19-15/h2-9,20H,1H3,(H,17,18,19). The molecule has 0 saturated carbocycles. The van der Waals surface area contributed by atoms with Crippen LogP contribution in [0.3, 0.4) is 0 Å². The van der Waals surface area contributed by atoms with Crippen molar-refractivity contribution < 1.29 is 23.8 Å². The van der Waals surface area contributed by atoms with Gasteiger partial charge in [-0.05, 0) is 30.3 Å². The maximum absolute atomic E-state index is 11.9. The molecule has 3 rings (SSSR count). The summed E-state index contributed by atoms with van der Waals surface area (Å²) in [4.78, 5) is 15.6. The van der Waals surface area contributed by atoms with Crippen LogP contribution in [0.1, 0.15) is 16.2 Å². The van der Waals surface area contributed by atoms with Gasteiger partial charge in [-0.2, -0.15) is 5.10 Å². The van der Waals surface area contributed by atoms with Crippen LogP contribution >= 0.6 is 0 Å². The number of ketones is 1. The van der Waals surface area contributed by atoms with Crippen LogP contribution in [0, 0.1) is 0 Å². The monoisotopic (exact) mass is 327 g/mol. The summed E-state index contributed by atoms with van der Waals surface area (Å²) in [5.74, 6) is 0.404. The number of carbonyl (C=O) groups is 1. The molecule has 2 aromatic heterocycles. The molecule has 0 radical (unpaired) electrons. The first kappa shape index (κ1) is 15.3. The first-order valence-electron chi connectivity index (χ1n) is 6.87. The summed E-state index contributed by atoms with van der Waals surface area (Å²) in [6.07, 6.45) is 3.55. The molecule has 3 aromatic rings. The lowest BCUT2D eigenvalue weighted by Crippen LogP contribution is -1.99. The highest BCUT2D eigenvalue weighted by molar-refractivity contribution is 6.05. The van der Waals surface area contributed by atoms with Crippen LogP contribution in [0.15, 0.2) is 53.4 Å². The number of allylic oxidation sites excluding steroid dienone is 1. The summed E-state index contributed by atoms with van der Waals surface area (Å²) in [5.41, 5.74) is 0.235. The van der Waals surface area contributed by atoms with Crippen LogP contribution in [-0.2, 0) is 0 Å². The molecular formula is C16H13N3O5. The zero-order valence-corrected chi connectivity index (χ0v) is 12.6. The molecule has 8 nitrogen and oxygen atoms in total. The molecule has 1 aromatic carbocycles. The molecule has 122 valence electrons. The average molecular weight is 327 g/mol. The molecule has 0 unspecified atom stereocenters. The molecular weight excluding hydrogens is 314 g/mol. The highest BCUT2D eigenvalue weighted by Crippen LogP contribution is 2.31. The zero-order chi connectivity index (χ0) is 16.9.